The van der Waals surface area contributed by atoms with E-state index in [0.717, 1.165) is 23.0 Å². The minimum Gasteiger partial charge on any atom is -0.420 e. The molecule has 0 radical (unpaired) electrons. The minimum atomic E-state index is -0.0694. The van der Waals surface area contributed by atoms with Crippen LogP contribution in [0.3, 0.4) is 0 Å². The Morgan fingerprint density at radius 3 is 1.26 bits per heavy atom. The van der Waals surface area contributed by atoms with Gasteiger partial charge in [-0.05, 0) is 35.9 Å². The normalized spacial score (nSPS) is 11.3. The van der Waals surface area contributed by atoms with E-state index in [1.165, 1.54) is 0 Å². The second kappa shape index (κ2) is 10.1. The second-order valence-corrected chi connectivity index (χ2v) is 8.85. The van der Waals surface area contributed by atoms with Crippen molar-refractivity contribution in [2.24, 2.45) is 0 Å². The van der Waals surface area contributed by atoms with E-state index < -0.39 is 0 Å². The third-order valence-electron chi connectivity index (χ3n) is 4.03. The van der Waals surface area contributed by atoms with Gasteiger partial charge in [0, 0.05) is 34.9 Å². The summed E-state index contributed by atoms with van der Waals surface area (Å²) in [5.41, 5.74) is 1.39. The number of aromatic nitrogens is 8. The van der Waals surface area contributed by atoms with Crippen molar-refractivity contribution in [2.45, 2.75) is 52.4 Å². The van der Waals surface area contributed by atoms with E-state index in [4.69, 9.17) is 0 Å². The van der Waals surface area contributed by atoms with Crippen LogP contribution >= 0.6 is 0 Å². The van der Waals surface area contributed by atoms with Crippen LogP contribution in [0.2, 0.25) is 0 Å². The van der Waals surface area contributed by atoms with Crippen LogP contribution in [0.25, 0.3) is 23.0 Å². The summed E-state index contributed by atoms with van der Waals surface area (Å²) >= 11 is 0. The van der Waals surface area contributed by atoms with Crippen molar-refractivity contribution in [1.29, 1.82) is 0 Å². The Kier molecular flexibility index (Phi) is 7.96. The molecule has 4 aromatic heterocycles. The molecular formula is C22H26N8Pt. The van der Waals surface area contributed by atoms with Gasteiger partial charge in [-0.15, -0.1) is 0 Å². The molecule has 0 aliphatic heterocycles. The Morgan fingerprint density at radius 1 is 0.613 bits per heavy atom. The molecule has 4 rings (SSSR count). The molecule has 0 amide bonds. The smallest absolute Gasteiger partial charge is 0.420 e. The van der Waals surface area contributed by atoms with Gasteiger partial charge in [-0.3, -0.25) is 20.2 Å². The van der Waals surface area contributed by atoms with E-state index in [-0.39, 0.29) is 31.9 Å². The molecular weight excluding hydrogens is 571 g/mol. The van der Waals surface area contributed by atoms with Gasteiger partial charge >= 0.3 is 21.1 Å². The Bertz CT molecular complexity index is 972. The second-order valence-electron chi connectivity index (χ2n) is 8.85. The number of hydrogen-bond donors (Lipinski definition) is 0. The molecule has 0 N–H and O–H groups in total. The quantitative estimate of drug-likeness (QED) is 0.346. The fraction of sp³-hybridized carbons (Fsp3) is 0.364. The third kappa shape index (κ3) is 6.62. The van der Waals surface area contributed by atoms with Gasteiger partial charge in [-0.2, -0.15) is 0 Å². The third-order valence-corrected chi connectivity index (χ3v) is 4.03. The number of rotatable bonds is 2. The van der Waals surface area contributed by atoms with Gasteiger partial charge in [-0.1, -0.05) is 53.7 Å². The van der Waals surface area contributed by atoms with Crippen LogP contribution in [-0.4, -0.2) is 30.1 Å². The van der Waals surface area contributed by atoms with E-state index >= 15 is 0 Å². The maximum Gasteiger partial charge on any atom is 2.00 e. The van der Waals surface area contributed by atoms with Gasteiger partial charge in [0.2, 0.25) is 0 Å². The molecule has 8 nitrogen and oxygen atoms in total. The number of hydrogen-bond acceptors (Lipinski definition) is 6. The number of nitrogens with zero attached hydrogens (tertiary/aromatic N) is 8. The summed E-state index contributed by atoms with van der Waals surface area (Å²) in [6.45, 7) is 12.4. The van der Waals surface area contributed by atoms with Crippen LogP contribution < -0.4 is 10.2 Å². The van der Waals surface area contributed by atoms with E-state index in [1.54, 1.807) is 12.4 Å². The molecule has 4 aromatic rings. The minimum absolute atomic E-state index is 0. The van der Waals surface area contributed by atoms with Crippen LogP contribution in [0.4, 0.5) is 0 Å². The van der Waals surface area contributed by atoms with E-state index in [0.29, 0.717) is 11.6 Å². The summed E-state index contributed by atoms with van der Waals surface area (Å²) in [5.74, 6) is 2.70. The fourth-order valence-electron chi connectivity index (χ4n) is 2.32. The summed E-state index contributed by atoms with van der Waals surface area (Å²) in [5, 5.41) is 16.2. The van der Waals surface area contributed by atoms with Crippen LogP contribution in [0.5, 0.6) is 0 Å². The molecule has 31 heavy (non-hydrogen) atoms. The van der Waals surface area contributed by atoms with Crippen LogP contribution in [0.15, 0.2) is 48.8 Å². The van der Waals surface area contributed by atoms with Gasteiger partial charge in [0.1, 0.15) is 0 Å². The van der Waals surface area contributed by atoms with Crippen LogP contribution in [-0.2, 0) is 31.9 Å². The molecule has 9 heteroatoms. The zero-order valence-corrected chi connectivity index (χ0v) is 20.8. The Labute approximate surface area is 197 Å². The standard InChI is InChI=1S/2C11H13N4.Pt/c2*1-11(2,3)10-13-9(14-15-10)8-6-4-5-7-12-8;/h2*4-7H,1-3H3;/q2*-1;+2. The van der Waals surface area contributed by atoms with E-state index in [9.17, 15) is 0 Å². The molecule has 4 heterocycles. The summed E-state index contributed by atoms with van der Waals surface area (Å²) in [7, 11) is 0. The van der Waals surface area contributed by atoms with Crippen molar-refractivity contribution < 1.29 is 21.1 Å². The zero-order valence-electron chi connectivity index (χ0n) is 18.5. The predicted octanol–water partition coefficient (Wildman–Crippen LogP) is 3.58. The van der Waals surface area contributed by atoms with Gasteiger partial charge in [0.25, 0.3) is 0 Å². The Balaban J connectivity index is 0.000000213. The first-order chi connectivity index (χ1) is 14.1. The van der Waals surface area contributed by atoms with Crippen LogP contribution in [0, 0.1) is 0 Å². The summed E-state index contributed by atoms with van der Waals surface area (Å²) in [6.07, 6.45) is 3.45. The molecule has 164 valence electrons. The van der Waals surface area contributed by atoms with Gasteiger partial charge in [0.15, 0.2) is 0 Å². The van der Waals surface area contributed by atoms with Crippen molar-refractivity contribution in [3.05, 3.63) is 60.4 Å². The average molecular weight is 598 g/mol. The van der Waals surface area contributed by atoms with Crippen molar-refractivity contribution in [1.82, 2.24) is 40.3 Å². The first-order valence-corrected chi connectivity index (χ1v) is 9.73. The molecule has 0 aromatic carbocycles. The van der Waals surface area contributed by atoms with E-state index in [2.05, 4.69) is 81.9 Å². The maximum absolute atomic E-state index is 4.37. The van der Waals surface area contributed by atoms with Gasteiger partial charge in [-0.25, -0.2) is 0 Å². The Hall–Kier alpha value is -2.73. The Morgan fingerprint density at radius 2 is 1.00 bits per heavy atom. The molecule has 0 saturated heterocycles. The first-order valence-electron chi connectivity index (χ1n) is 9.73. The summed E-state index contributed by atoms with van der Waals surface area (Å²) in [4.78, 5) is 17.1. The molecule has 0 aliphatic carbocycles. The molecule has 0 saturated carbocycles. The van der Waals surface area contributed by atoms with Crippen molar-refractivity contribution in [3.8, 4) is 23.0 Å². The van der Waals surface area contributed by atoms with Gasteiger partial charge in [0.05, 0.1) is 11.4 Å². The molecule has 0 spiro atoms. The SMILES string of the molecule is CC(C)(C)c1n[n-]c(-c2ccccn2)n1.CC(C)(C)c1n[n-]c(-c2ccccn2)n1.[Pt+2]. The number of pyridine rings is 2. The topological polar surface area (TPSA) is 106 Å². The molecule has 0 bridgehead atoms. The largest absolute Gasteiger partial charge is 2.00 e. The average Bonchev–Trinajstić information content (AvgIpc) is 3.40. The first kappa shape index (κ1) is 24.5. The molecule has 0 aliphatic rings. The van der Waals surface area contributed by atoms with Crippen molar-refractivity contribution in [3.63, 3.8) is 0 Å². The van der Waals surface area contributed by atoms with Crippen LogP contribution in [0.1, 0.15) is 53.2 Å². The fourth-order valence-corrected chi connectivity index (χ4v) is 2.32. The van der Waals surface area contributed by atoms with Gasteiger partial charge < -0.3 is 20.2 Å². The van der Waals surface area contributed by atoms with Crippen molar-refractivity contribution >= 4 is 0 Å². The predicted molar refractivity (Wildman–Crippen MR) is 115 cm³/mol. The molecule has 0 fully saturated rings. The summed E-state index contributed by atoms with van der Waals surface area (Å²) < 4.78 is 0. The molecule has 0 atom stereocenters. The van der Waals surface area contributed by atoms with E-state index in [1.807, 2.05) is 36.4 Å². The van der Waals surface area contributed by atoms with Crippen molar-refractivity contribution in [2.75, 3.05) is 0 Å². The zero-order chi connectivity index (χ0) is 21.8. The molecule has 0 unspecified atom stereocenters. The maximum atomic E-state index is 4.37. The summed E-state index contributed by atoms with van der Waals surface area (Å²) in [6, 6.07) is 11.3. The monoisotopic (exact) mass is 597 g/mol.